The van der Waals surface area contributed by atoms with Crippen molar-refractivity contribution in [3.05, 3.63) is 87.7 Å². The van der Waals surface area contributed by atoms with Crippen molar-refractivity contribution in [3.8, 4) is 0 Å². The predicted molar refractivity (Wildman–Crippen MR) is 114 cm³/mol. The van der Waals surface area contributed by atoms with Gasteiger partial charge in [0.05, 0.1) is 0 Å². The molecule has 0 bridgehead atoms. The molecule has 0 fully saturated rings. The summed E-state index contributed by atoms with van der Waals surface area (Å²) in [4.78, 5) is 12.5. The van der Waals surface area contributed by atoms with Gasteiger partial charge < -0.3 is 9.88 Å². The van der Waals surface area contributed by atoms with E-state index in [1.54, 1.807) is 43.4 Å². The molecule has 2 aromatic carbocycles. The molecule has 1 amide bonds. The topological polar surface area (TPSA) is 80.2 Å². The molecule has 1 aromatic heterocycles. The number of nitrogens with one attached hydrogen (secondary N) is 2. The molecule has 6 nitrogen and oxygen atoms in total. The van der Waals surface area contributed by atoms with Gasteiger partial charge in [0.15, 0.2) is 0 Å². The fourth-order valence-corrected chi connectivity index (χ4v) is 3.99. The summed E-state index contributed by atoms with van der Waals surface area (Å²) in [5, 5.41) is 3.96. The highest BCUT2D eigenvalue weighted by molar-refractivity contribution is 7.89. The maximum absolute atomic E-state index is 12.6. The highest BCUT2D eigenvalue weighted by Gasteiger charge is 2.20. The van der Waals surface area contributed by atoms with Gasteiger partial charge in [-0.15, -0.1) is 0 Å². The summed E-state index contributed by atoms with van der Waals surface area (Å²) in [6, 6.07) is 15.3. The van der Waals surface area contributed by atoms with Crippen LogP contribution in [0.25, 0.3) is 0 Å². The fourth-order valence-electron chi connectivity index (χ4n) is 2.65. The number of amides is 1. The Balaban J connectivity index is 1.66. The van der Waals surface area contributed by atoms with Crippen LogP contribution < -0.4 is 10.0 Å². The van der Waals surface area contributed by atoms with Crippen LogP contribution in [0.5, 0.6) is 0 Å². The average Bonchev–Trinajstić information content (AvgIpc) is 3.10. The van der Waals surface area contributed by atoms with E-state index in [4.69, 9.17) is 23.2 Å². The summed E-state index contributed by atoms with van der Waals surface area (Å²) >= 11 is 11.7. The second-order valence-corrected chi connectivity index (χ2v) is 9.07. The van der Waals surface area contributed by atoms with E-state index >= 15 is 0 Å². The van der Waals surface area contributed by atoms with E-state index in [1.807, 2.05) is 12.1 Å². The van der Waals surface area contributed by atoms with E-state index in [1.165, 1.54) is 16.8 Å². The molecule has 0 spiro atoms. The summed E-state index contributed by atoms with van der Waals surface area (Å²) in [5.41, 5.74) is 1.90. The number of carbonyl (C=O) groups excluding carboxylic acids is 1. The number of carbonyl (C=O) groups is 1. The Morgan fingerprint density at radius 1 is 0.931 bits per heavy atom. The monoisotopic (exact) mass is 451 g/mol. The minimum atomic E-state index is -3.77. The molecule has 3 rings (SSSR count). The molecule has 0 aliphatic heterocycles. The maximum Gasteiger partial charge on any atom is 0.268 e. The first-order valence-electron chi connectivity index (χ1n) is 8.68. The lowest BCUT2D eigenvalue weighted by atomic mass is 10.2. The van der Waals surface area contributed by atoms with Gasteiger partial charge in [-0.1, -0.05) is 47.5 Å². The molecule has 1 heterocycles. The second kappa shape index (κ2) is 9.00. The van der Waals surface area contributed by atoms with Crippen LogP contribution in [0.2, 0.25) is 10.0 Å². The lowest BCUT2D eigenvalue weighted by Gasteiger charge is -2.06. The summed E-state index contributed by atoms with van der Waals surface area (Å²) in [6.07, 6.45) is 1.40. The number of nitrogens with zero attached hydrogens (tertiary/aromatic N) is 1. The van der Waals surface area contributed by atoms with Crippen molar-refractivity contribution in [1.29, 1.82) is 0 Å². The molecule has 0 radical (unpaired) electrons. The van der Waals surface area contributed by atoms with Crippen molar-refractivity contribution >= 4 is 39.1 Å². The number of sulfonamides is 1. The zero-order valence-corrected chi connectivity index (χ0v) is 17.9. The van der Waals surface area contributed by atoms with Gasteiger partial charge in [0.25, 0.3) is 5.91 Å². The van der Waals surface area contributed by atoms with Gasteiger partial charge in [-0.2, -0.15) is 0 Å². The fraction of sp³-hybridized carbons (Fsp3) is 0.150. The van der Waals surface area contributed by atoms with Gasteiger partial charge in [-0.3, -0.25) is 4.79 Å². The minimum absolute atomic E-state index is 0.0191. The molecule has 2 N–H and O–H groups in total. The summed E-state index contributed by atoms with van der Waals surface area (Å²) in [7, 11) is -2.15. The number of hydrogen-bond acceptors (Lipinski definition) is 3. The molecule has 0 saturated heterocycles. The van der Waals surface area contributed by atoms with Gasteiger partial charge in [-0.05, 0) is 41.5 Å². The third kappa shape index (κ3) is 5.61. The average molecular weight is 452 g/mol. The summed E-state index contributed by atoms with van der Waals surface area (Å²) in [6.45, 7) is 0.421. The maximum atomic E-state index is 12.6. The van der Waals surface area contributed by atoms with Crippen LogP contribution >= 0.6 is 23.2 Å². The predicted octanol–water partition coefficient (Wildman–Crippen LogP) is 3.74. The quantitative estimate of drug-likeness (QED) is 0.573. The van der Waals surface area contributed by atoms with Crippen molar-refractivity contribution in [2.45, 2.75) is 18.0 Å². The van der Waals surface area contributed by atoms with Crippen LogP contribution in [0.3, 0.4) is 0 Å². The molecular formula is C20H19Cl2N3O3S. The number of rotatable bonds is 7. The van der Waals surface area contributed by atoms with Gasteiger partial charge in [-0.25, -0.2) is 13.1 Å². The standard InChI is InChI=1S/C20H19Cl2N3O3S/c1-25-13-18(29(27,28)24-12-15-4-8-17(22)9-5-15)10-19(25)20(26)23-11-14-2-6-16(21)7-3-14/h2-10,13,24H,11-12H2,1H3,(H,23,26). The van der Waals surface area contributed by atoms with E-state index < -0.39 is 10.0 Å². The Morgan fingerprint density at radius 2 is 1.45 bits per heavy atom. The summed E-state index contributed by atoms with van der Waals surface area (Å²) < 4.78 is 29.2. The SMILES string of the molecule is Cn1cc(S(=O)(=O)NCc2ccc(Cl)cc2)cc1C(=O)NCc1ccc(Cl)cc1. The lowest BCUT2D eigenvalue weighted by molar-refractivity contribution is 0.0942. The Labute approximate surface area is 179 Å². The van der Waals surface area contributed by atoms with Crippen LogP contribution in [0, 0.1) is 0 Å². The van der Waals surface area contributed by atoms with Crippen molar-refractivity contribution in [2.24, 2.45) is 7.05 Å². The molecular weight excluding hydrogens is 433 g/mol. The van der Waals surface area contributed by atoms with Crippen molar-refractivity contribution in [2.75, 3.05) is 0 Å². The molecule has 0 atom stereocenters. The van der Waals surface area contributed by atoms with Gasteiger partial charge in [0.1, 0.15) is 10.6 Å². The van der Waals surface area contributed by atoms with Crippen LogP contribution in [-0.4, -0.2) is 18.9 Å². The van der Waals surface area contributed by atoms with Crippen molar-refractivity contribution < 1.29 is 13.2 Å². The Hall–Kier alpha value is -2.32. The number of benzene rings is 2. The third-order valence-electron chi connectivity index (χ3n) is 4.27. The van der Waals surface area contributed by atoms with E-state index in [-0.39, 0.29) is 23.0 Å². The number of halogens is 2. The van der Waals surface area contributed by atoms with E-state index in [2.05, 4.69) is 10.0 Å². The molecule has 0 aliphatic rings. The Bertz CT molecular complexity index is 1110. The Morgan fingerprint density at radius 3 is 2.00 bits per heavy atom. The van der Waals surface area contributed by atoms with Crippen LogP contribution in [-0.2, 0) is 30.2 Å². The summed E-state index contributed by atoms with van der Waals surface area (Å²) in [5.74, 6) is -0.374. The first kappa shape index (κ1) is 21.4. The highest BCUT2D eigenvalue weighted by atomic mass is 35.5. The zero-order chi connectivity index (χ0) is 21.0. The lowest BCUT2D eigenvalue weighted by Crippen LogP contribution is -2.24. The van der Waals surface area contributed by atoms with Gasteiger partial charge in [0, 0.05) is 36.4 Å². The van der Waals surface area contributed by atoms with Crippen molar-refractivity contribution in [1.82, 2.24) is 14.6 Å². The smallest absolute Gasteiger partial charge is 0.268 e. The first-order chi connectivity index (χ1) is 13.7. The molecule has 0 unspecified atom stereocenters. The normalized spacial score (nSPS) is 11.4. The number of aromatic nitrogens is 1. The largest absolute Gasteiger partial charge is 0.347 e. The van der Waals surface area contributed by atoms with Crippen LogP contribution in [0.1, 0.15) is 21.6 Å². The van der Waals surface area contributed by atoms with Gasteiger partial charge in [0.2, 0.25) is 10.0 Å². The number of aryl methyl sites for hydroxylation is 1. The second-order valence-electron chi connectivity index (χ2n) is 6.43. The molecule has 29 heavy (non-hydrogen) atoms. The molecule has 0 saturated carbocycles. The van der Waals surface area contributed by atoms with Gasteiger partial charge >= 0.3 is 0 Å². The number of hydrogen-bond donors (Lipinski definition) is 2. The van der Waals surface area contributed by atoms with Crippen LogP contribution in [0.15, 0.2) is 65.7 Å². The third-order valence-corrected chi connectivity index (χ3v) is 6.14. The highest BCUT2D eigenvalue weighted by Crippen LogP contribution is 2.16. The van der Waals surface area contributed by atoms with Crippen LogP contribution in [0.4, 0.5) is 0 Å². The van der Waals surface area contributed by atoms with Crippen molar-refractivity contribution in [3.63, 3.8) is 0 Å². The van der Waals surface area contributed by atoms with E-state index in [0.29, 0.717) is 16.6 Å². The minimum Gasteiger partial charge on any atom is -0.347 e. The Kier molecular flexibility index (Phi) is 6.64. The van der Waals surface area contributed by atoms with E-state index in [0.717, 1.165) is 11.1 Å². The molecule has 9 heteroatoms. The van der Waals surface area contributed by atoms with E-state index in [9.17, 15) is 13.2 Å². The zero-order valence-electron chi connectivity index (χ0n) is 15.5. The molecule has 3 aromatic rings. The molecule has 0 aliphatic carbocycles. The molecule has 152 valence electrons. The first-order valence-corrected chi connectivity index (χ1v) is 10.9.